The summed E-state index contributed by atoms with van der Waals surface area (Å²) < 4.78 is 22.9. The number of ether oxygens (including phenoxy) is 4. The van der Waals surface area contributed by atoms with Gasteiger partial charge in [-0.05, 0) is 49.9 Å². The van der Waals surface area contributed by atoms with Crippen molar-refractivity contribution in [3.8, 4) is 0 Å². The van der Waals surface area contributed by atoms with Gasteiger partial charge in [-0.15, -0.1) is 10.2 Å². The number of carbonyl (C=O) groups is 4. The van der Waals surface area contributed by atoms with Gasteiger partial charge in [0.1, 0.15) is 0 Å². The predicted molar refractivity (Wildman–Crippen MR) is 166 cm³/mol. The first-order valence-electron chi connectivity index (χ1n) is 15.2. The van der Waals surface area contributed by atoms with Crippen molar-refractivity contribution in [3.05, 3.63) is 93.6 Å². The van der Waals surface area contributed by atoms with Crippen molar-refractivity contribution in [2.45, 2.75) is 53.9 Å². The van der Waals surface area contributed by atoms with Gasteiger partial charge < -0.3 is 24.3 Å². The number of nitrogens with zero attached hydrogens (tertiary/aromatic N) is 6. The molecule has 47 heavy (non-hydrogen) atoms. The summed E-state index contributed by atoms with van der Waals surface area (Å²) in [6, 6.07) is 15.5. The number of aromatic nitrogens is 6. The van der Waals surface area contributed by atoms with Gasteiger partial charge in [0, 0.05) is 13.1 Å². The van der Waals surface area contributed by atoms with E-state index in [1.54, 1.807) is 27.7 Å². The van der Waals surface area contributed by atoms with Crippen LogP contribution in [0.25, 0.3) is 0 Å². The van der Waals surface area contributed by atoms with Gasteiger partial charge in [-0.1, -0.05) is 59.0 Å². The van der Waals surface area contributed by atoms with Crippen LogP contribution in [-0.2, 0) is 45.1 Å². The molecule has 1 N–H and O–H groups in total. The standard InChI is InChI=1S/C32H37N7O8/c1-5-44-29(40)25-27(31(42)46-7-3)38(36-34-25)19-23-13-9-21(10-14-23)17-33-18-22-11-15-24(16-12-22)20-39-28(32(43)47-8-4)26(35-37-39)30(41)45-6-2/h9-16,33H,5-8,17-20H2,1-4H3. The smallest absolute Gasteiger partial charge is 0.361 e. The number of rotatable bonds is 16. The summed E-state index contributed by atoms with van der Waals surface area (Å²) >= 11 is 0. The minimum Gasteiger partial charge on any atom is -0.461 e. The fourth-order valence-electron chi connectivity index (χ4n) is 4.55. The summed E-state index contributed by atoms with van der Waals surface area (Å²) in [6.07, 6.45) is 0. The topological polar surface area (TPSA) is 179 Å². The second kappa shape index (κ2) is 16.7. The Labute approximate surface area is 271 Å². The third-order valence-corrected chi connectivity index (χ3v) is 6.71. The molecule has 0 fully saturated rings. The van der Waals surface area contributed by atoms with E-state index in [1.165, 1.54) is 9.36 Å². The fourth-order valence-corrected chi connectivity index (χ4v) is 4.55. The van der Waals surface area contributed by atoms with E-state index < -0.39 is 23.9 Å². The molecule has 0 aliphatic rings. The van der Waals surface area contributed by atoms with Crippen LogP contribution in [0.3, 0.4) is 0 Å². The first-order chi connectivity index (χ1) is 22.8. The average molecular weight is 648 g/mol. The molecular formula is C32H37N7O8. The Bertz CT molecular complexity index is 1560. The van der Waals surface area contributed by atoms with Crippen molar-refractivity contribution >= 4 is 23.9 Å². The van der Waals surface area contributed by atoms with Crippen molar-refractivity contribution in [3.63, 3.8) is 0 Å². The molecule has 0 unspecified atom stereocenters. The van der Waals surface area contributed by atoms with E-state index in [9.17, 15) is 19.2 Å². The third-order valence-electron chi connectivity index (χ3n) is 6.71. The van der Waals surface area contributed by atoms with Crippen LogP contribution in [0.4, 0.5) is 0 Å². The van der Waals surface area contributed by atoms with Crippen molar-refractivity contribution in [1.29, 1.82) is 0 Å². The Morgan fingerprint density at radius 3 is 1.19 bits per heavy atom. The molecule has 0 atom stereocenters. The molecule has 2 aromatic heterocycles. The summed E-state index contributed by atoms with van der Waals surface area (Å²) in [5, 5.41) is 19.1. The van der Waals surface area contributed by atoms with Crippen LogP contribution in [0.5, 0.6) is 0 Å². The number of nitrogens with one attached hydrogen (secondary N) is 1. The second-order valence-corrected chi connectivity index (χ2v) is 10.0. The van der Waals surface area contributed by atoms with Gasteiger partial charge in [-0.3, -0.25) is 0 Å². The van der Waals surface area contributed by atoms with E-state index in [2.05, 4.69) is 25.9 Å². The van der Waals surface area contributed by atoms with Crippen LogP contribution in [0.1, 0.15) is 91.9 Å². The van der Waals surface area contributed by atoms with Crippen LogP contribution in [0.2, 0.25) is 0 Å². The molecule has 0 bridgehead atoms. The zero-order chi connectivity index (χ0) is 33.8. The molecule has 0 saturated carbocycles. The number of esters is 4. The molecule has 2 heterocycles. The van der Waals surface area contributed by atoms with E-state index in [0.29, 0.717) is 13.1 Å². The Morgan fingerprint density at radius 1 is 0.532 bits per heavy atom. The van der Waals surface area contributed by atoms with Crippen molar-refractivity contribution in [2.75, 3.05) is 26.4 Å². The minimum absolute atomic E-state index is 0.0517. The van der Waals surface area contributed by atoms with Gasteiger partial charge in [0.2, 0.25) is 11.4 Å². The first kappa shape index (κ1) is 34.4. The van der Waals surface area contributed by atoms with E-state index in [1.807, 2.05) is 48.5 Å². The lowest BCUT2D eigenvalue weighted by Gasteiger charge is -2.10. The number of carbonyl (C=O) groups excluding carboxylic acids is 4. The van der Waals surface area contributed by atoms with Gasteiger partial charge in [0.05, 0.1) is 39.5 Å². The predicted octanol–water partition coefficient (Wildman–Crippen LogP) is 2.96. The molecule has 0 aliphatic carbocycles. The Hall–Kier alpha value is -5.44. The first-order valence-corrected chi connectivity index (χ1v) is 15.2. The van der Waals surface area contributed by atoms with E-state index in [-0.39, 0.29) is 62.3 Å². The Morgan fingerprint density at radius 2 is 0.851 bits per heavy atom. The van der Waals surface area contributed by atoms with Gasteiger partial charge in [-0.25, -0.2) is 28.5 Å². The summed E-state index contributed by atoms with van der Waals surface area (Å²) in [7, 11) is 0. The minimum atomic E-state index is -0.735. The maximum absolute atomic E-state index is 12.6. The quantitative estimate of drug-likeness (QED) is 0.139. The summed E-state index contributed by atoms with van der Waals surface area (Å²) in [5.41, 5.74) is 3.32. The van der Waals surface area contributed by atoms with Crippen LogP contribution >= 0.6 is 0 Å². The van der Waals surface area contributed by atoms with E-state index in [4.69, 9.17) is 18.9 Å². The summed E-state index contributed by atoms with van der Waals surface area (Å²) in [6.45, 7) is 8.85. The van der Waals surface area contributed by atoms with Gasteiger partial charge >= 0.3 is 23.9 Å². The Balaban J connectivity index is 1.34. The van der Waals surface area contributed by atoms with Crippen LogP contribution < -0.4 is 5.32 Å². The molecule has 2 aromatic carbocycles. The second-order valence-electron chi connectivity index (χ2n) is 10.0. The zero-order valence-corrected chi connectivity index (χ0v) is 26.7. The van der Waals surface area contributed by atoms with E-state index >= 15 is 0 Å². The largest absolute Gasteiger partial charge is 0.461 e. The summed E-state index contributed by atoms with van der Waals surface area (Å²) in [4.78, 5) is 49.7. The molecule has 248 valence electrons. The molecule has 0 spiro atoms. The Kier molecular flexibility index (Phi) is 12.3. The van der Waals surface area contributed by atoms with Gasteiger partial charge in [-0.2, -0.15) is 0 Å². The number of benzene rings is 2. The van der Waals surface area contributed by atoms with E-state index in [0.717, 1.165) is 22.3 Å². The molecule has 4 rings (SSSR count). The van der Waals surface area contributed by atoms with Crippen molar-refractivity contribution in [1.82, 2.24) is 35.3 Å². The van der Waals surface area contributed by atoms with Crippen molar-refractivity contribution < 1.29 is 38.1 Å². The average Bonchev–Trinajstić information content (AvgIpc) is 3.68. The SMILES string of the molecule is CCOC(=O)c1nnn(Cc2ccc(CNCc3ccc(Cn4nnc(C(=O)OCC)c4C(=O)OCC)cc3)cc2)c1C(=O)OCC. The fraction of sp³-hybridized carbons (Fsp3) is 0.375. The number of hydrogen-bond acceptors (Lipinski definition) is 13. The number of hydrogen-bond donors (Lipinski definition) is 1. The van der Waals surface area contributed by atoms with Gasteiger partial charge in [0.25, 0.3) is 0 Å². The van der Waals surface area contributed by atoms with Gasteiger partial charge in [0.15, 0.2) is 11.4 Å². The molecule has 15 nitrogen and oxygen atoms in total. The van der Waals surface area contributed by atoms with Crippen LogP contribution in [0, 0.1) is 0 Å². The highest BCUT2D eigenvalue weighted by atomic mass is 16.5. The lowest BCUT2D eigenvalue weighted by molar-refractivity contribution is 0.0467. The highest BCUT2D eigenvalue weighted by molar-refractivity contribution is 6.01. The highest BCUT2D eigenvalue weighted by Crippen LogP contribution is 2.15. The van der Waals surface area contributed by atoms with Crippen LogP contribution in [-0.4, -0.2) is 80.3 Å². The highest BCUT2D eigenvalue weighted by Gasteiger charge is 2.29. The molecule has 0 aliphatic heterocycles. The summed E-state index contributed by atoms with van der Waals surface area (Å²) in [5.74, 6) is -2.86. The molecule has 0 saturated heterocycles. The van der Waals surface area contributed by atoms with Crippen LogP contribution in [0.15, 0.2) is 48.5 Å². The lowest BCUT2D eigenvalue weighted by Crippen LogP contribution is -2.18. The molecule has 0 amide bonds. The monoisotopic (exact) mass is 647 g/mol. The molecule has 4 aromatic rings. The maximum atomic E-state index is 12.6. The van der Waals surface area contributed by atoms with Crippen molar-refractivity contribution in [2.24, 2.45) is 0 Å². The lowest BCUT2D eigenvalue weighted by atomic mass is 10.1. The zero-order valence-electron chi connectivity index (χ0n) is 26.7. The molecule has 0 radical (unpaired) electrons. The molecular weight excluding hydrogens is 610 g/mol. The maximum Gasteiger partial charge on any atom is 0.361 e. The molecule has 15 heteroatoms. The third kappa shape index (κ3) is 8.85. The normalized spacial score (nSPS) is 10.8.